The maximum atomic E-state index is 12.5. The standard InChI is InChI=1S/C19H25N5O2/c1-15(18(25)22-19-20-8-5-9-21-19)23(2)14-16-6-3-4-7-17(16)24-10-12-26-13-11-24/h3-9,15H,10-14H2,1-2H3,(H,20,21,22,25)/t15-/m1/s1. The second-order valence-electron chi connectivity index (χ2n) is 6.38. The normalized spacial score (nSPS) is 15.7. The Kier molecular flexibility index (Phi) is 6.14. The van der Waals surface area contributed by atoms with Gasteiger partial charge in [0.15, 0.2) is 0 Å². The Hall–Kier alpha value is -2.51. The fraction of sp³-hybridized carbons (Fsp3) is 0.421. The Labute approximate surface area is 154 Å². The van der Waals surface area contributed by atoms with Crippen LogP contribution < -0.4 is 10.2 Å². The summed E-state index contributed by atoms with van der Waals surface area (Å²) >= 11 is 0. The van der Waals surface area contributed by atoms with Crippen molar-refractivity contribution in [1.29, 1.82) is 0 Å². The van der Waals surface area contributed by atoms with Crippen molar-refractivity contribution in [3.8, 4) is 0 Å². The molecule has 1 fully saturated rings. The highest BCUT2D eigenvalue weighted by Gasteiger charge is 2.21. The quantitative estimate of drug-likeness (QED) is 0.852. The topological polar surface area (TPSA) is 70.6 Å². The van der Waals surface area contributed by atoms with Crippen LogP contribution in [0, 0.1) is 0 Å². The van der Waals surface area contributed by atoms with Crippen molar-refractivity contribution in [2.75, 3.05) is 43.6 Å². The van der Waals surface area contributed by atoms with Crippen LogP contribution in [0.5, 0.6) is 0 Å². The molecule has 2 aromatic rings. The number of aromatic nitrogens is 2. The number of nitrogens with one attached hydrogen (secondary N) is 1. The molecule has 0 aliphatic carbocycles. The predicted octanol–water partition coefficient (Wildman–Crippen LogP) is 1.77. The molecule has 3 rings (SSSR count). The first-order valence-corrected chi connectivity index (χ1v) is 8.84. The molecule has 0 radical (unpaired) electrons. The van der Waals surface area contributed by atoms with Crippen LogP contribution in [0.4, 0.5) is 11.6 Å². The second kappa shape index (κ2) is 8.73. The van der Waals surface area contributed by atoms with Gasteiger partial charge in [-0.25, -0.2) is 9.97 Å². The third kappa shape index (κ3) is 4.56. The highest BCUT2D eigenvalue weighted by atomic mass is 16.5. The molecule has 26 heavy (non-hydrogen) atoms. The molecule has 7 heteroatoms. The van der Waals surface area contributed by atoms with Crippen LogP contribution in [-0.2, 0) is 16.1 Å². The number of anilines is 2. The Bertz CT molecular complexity index is 719. The van der Waals surface area contributed by atoms with E-state index in [9.17, 15) is 4.79 Å². The molecule has 138 valence electrons. The summed E-state index contributed by atoms with van der Waals surface area (Å²) in [6.07, 6.45) is 3.21. The molecule has 1 aliphatic heterocycles. The summed E-state index contributed by atoms with van der Waals surface area (Å²) in [5.41, 5.74) is 2.41. The van der Waals surface area contributed by atoms with Crippen molar-refractivity contribution < 1.29 is 9.53 Å². The molecule has 7 nitrogen and oxygen atoms in total. The zero-order valence-corrected chi connectivity index (χ0v) is 15.3. The van der Waals surface area contributed by atoms with E-state index in [-0.39, 0.29) is 11.9 Å². The smallest absolute Gasteiger partial charge is 0.243 e. The Balaban J connectivity index is 1.65. The summed E-state index contributed by atoms with van der Waals surface area (Å²) in [5, 5.41) is 2.76. The number of likely N-dealkylation sites (N-methyl/N-ethyl adjacent to an activating group) is 1. The maximum Gasteiger partial charge on any atom is 0.243 e. The van der Waals surface area contributed by atoms with E-state index in [0.29, 0.717) is 12.5 Å². The van der Waals surface area contributed by atoms with E-state index in [1.807, 2.05) is 24.9 Å². The van der Waals surface area contributed by atoms with E-state index in [1.165, 1.54) is 11.3 Å². The first-order chi connectivity index (χ1) is 12.6. The Morgan fingerprint density at radius 1 is 1.23 bits per heavy atom. The largest absolute Gasteiger partial charge is 0.378 e. The van der Waals surface area contributed by atoms with Gasteiger partial charge in [-0.1, -0.05) is 18.2 Å². The molecule has 0 unspecified atom stereocenters. The molecule has 1 amide bonds. The van der Waals surface area contributed by atoms with Gasteiger partial charge in [-0.3, -0.25) is 15.0 Å². The third-order valence-corrected chi connectivity index (χ3v) is 4.60. The lowest BCUT2D eigenvalue weighted by Gasteiger charge is -2.32. The van der Waals surface area contributed by atoms with Gasteiger partial charge in [0.05, 0.1) is 19.3 Å². The summed E-state index contributed by atoms with van der Waals surface area (Å²) < 4.78 is 5.45. The van der Waals surface area contributed by atoms with E-state index in [0.717, 1.165) is 26.3 Å². The molecule has 0 spiro atoms. The van der Waals surface area contributed by atoms with Gasteiger partial charge in [0.2, 0.25) is 11.9 Å². The molecule has 1 aromatic carbocycles. The van der Waals surface area contributed by atoms with Crippen LogP contribution in [0.2, 0.25) is 0 Å². The third-order valence-electron chi connectivity index (χ3n) is 4.60. The van der Waals surface area contributed by atoms with E-state index in [2.05, 4.69) is 38.4 Å². The average molecular weight is 355 g/mol. The van der Waals surface area contributed by atoms with Crippen LogP contribution >= 0.6 is 0 Å². The van der Waals surface area contributed by atoms with Crippen LogP contribution in [-0.4, -0.2) is 60.2 Å². The van der Waals surface area contributed by atoms with Gasteiger partial charge in [0.25, 0.3) is 0 Å². The van der Waals surface area contributed by atoms with Gasteiger partial charge in [-0.15, -0.1) is 0 Å². The number of para-hydroxylation sites is 1. The summed E-state index contributed by atoms with van der Waals surface area (Å²) in [6.45, 7) is 5.84. The number of rotatable bonds is 6. The summed E-state index contributed by atoms with van der Waals surface area (Å²) in [4.78, 5) is 24.9. The molecule has 1 aromatic heterocycles. The maximum absolute atomic E-state index is 12.5. The highest BCUT2D eigenvalue weighted by molar-refractivity contribution is 5.93. The minimum Gasteiger partial charge on any atom is -0.378 e. The van der Waals surface area contributed by atoms with Crippen LogP contribution in [0.1, 0.15) is 12.5 Å². The lowest BCUT2D eigenvalue weighted by atomic mass is 10.1. The van der Waals surface area contributed by atoms with Crippen molar-refractivity contribution in [3.05, 3.63) is 48.3 Å². The monoisotopic (exact) mass is 355 g/mol. The molecule has 0 saturated carbocycles. The van der Waals surface area contributed by atoms with E-state index in [4.69, 9.17) is 4.74 Å². The van der Waals surface area contributed by atoms with E-state index < -0.39 is 0 Å². The summed E-state index contributed by atoms with van der Waals surface area (Å²) in [7, 11) is 1.95. The first-order valence-electron chi connectivity index (χ1n) is 8.84. The minimum atomic E-state index is -0.309. The van der Waals surface area contributed by atoms with Gasteiger partial charge in [-0.05, 0) is 31.7 Å². The predicted molar refractivity (Wildman–Crippen MR) is 101 cm³/mol. The zero-order valence-electron chi connectivity index (χ0n) is 15.3. The first kappa shape index (κ1) is 18.3. The van der Waals surface area contributed by atoms with Gasteiger partial charge >= 0.3 is 0 Å². The van der Waals surface area contributed by atoms with Crippen LogP contribution in [0.25, 0.3) is 0 Å². The number of nitrogens with zero attached hydrogens (tertiary/aromatic N) is 4. The van der Waals surface area contributed by atoms with Gasteiger partial charge in [0.1, 0.15) is 0 Å². The fourth-order valence-corrected chi connectivity index (χ4v) is 2.94. The van der Waals surface area contributed by atoms with Crippen molar-refractivity contribution in [2.45, 2.75) is 19.5 Å². The average Bonchev–Trinajstić information content (AvgIpc) is 2.69. The van der Waals surface area contributed by atoms with Crippen molar-refractivity contribution in [3.63, 3.8) is 0 Å². The fourth-order valence-electron chi connectivity index (χ4n) is 2.94. The van der Waals surface area contributed by atoms with Crippen LogP contribution in [0.3, 0.4) is 0 Å². The molecule has 0 bridgehead atoms. The molecular formula is C19H25N5O2. The SMILES string of the molecule is C[C@H](C(=O)Nc1ncccn1)N(C)Cc1ccccc1N1CCOCC1. The Morgan fingerprint density at radius 2 is 1.92 bits per heavy atom. The van der Waals surface area contributed by atoms with Crippen molar-refractivity contribution in [1.82, 2.24) is 14.9 Å². The Morgan fingerprint density at radius 3 is 2.65 bits per heavy atom. The minimum absolute atomic E-state index is 0.123. The van der Waals surface area contributed by atoms with Gasteiger partial charge in [0, 0.05) is 37.7 Å². The number of carbonyl (C=O) groups is 1. The number of carbonyl (C=O) groups excluding carboxylic acids is 1. The van der Waals surface area contributed by atoms with Crippen molar-refractivity contribution in [2.24, 2.45) is 0 Å². The number of hydrogen-bond acceptors (Lipinski definition) is 6. The van der Waals surface area contributed by atoms with E-state index >= 15 is 0 Å². The number of hydrogen-bond donors (Lipinski definition) is 1. The number of ether oxygens (including phenoxy) is 1. The lowest BCUT2D eigenvalue weighted by Crippen LogP contribution is -2.40. The number of morpholine rings is 1. The number of benzene rings is 1. The van der Waals surface area contributed by atoms with Crippen molar-refractivity contribution >= 4 is 17.5 Å². The molecule has 1 N–H and O–H groups in total. The molecule has 1 atom stereocenters. The molecular weight excluding hydrogens is 330 g/mol. The highest BCUT2D eigenvalue weighted by Crippen LogP contribution is 2.23. The zero-order chi connectivity index (χ0) is 18.4. The van der Waals surface area contributed by atoms with Crippen LogP contribution in [0.15, 0.2) is 42.7 Å². The van der Waals surface area contributed by atoms with E-state index in [1.54, 1.807) is 18.5 Å². The lowest BCUT2D eigenvalue weighted by molar-refractivity contribution is -0.120. The second-order valence-corrected chi connectivity index (χ2v) is 6.38. The summed E-state index contributed by atoms with van der Waals surface area (Å²) in [6, 6.07) is 9.75. The molecule has 1 aliphatic rings. The number of amides is 1. The van der Waals surface area contributed by atoms with Gasteiger partial charge < -0.3 is 9.64 Å². The summed E-state index contributed by atoms with van der Waals surface area (Å²) in [5.74, 6) is 0.203. The van der Waals surface area contributed by atoms with Gasteiger partial charge in [-0.2, -0.15) is 0 Å². The molecule has 1 saturated heterocycles. The molecule has 2 heterocycles.